The van der Waals surface area contributed by atoms with Crippen LogP contribution in [0, 0.1) is 0 Å². The summed E-state index contributed by atoms with van der Waals surface area (Å²) in [5.74, 6) is -5.65. The van der Waals surface area contributed by atoms with Crippen molar-refractivity contribution in [1.82, 2.24) is 5.32 Å². The average Bonchev–Trinajstić information content (AvgIpc) is 2.87. The van der Waals surface area contributed by atoms with Gasteiger partial charge in [0, 0.05) is 48.5 Å². The number of ether oxygens (including phenoxy) is 9. The van der Waals surface area contributed by atoms with Crippen LogP contribution in [0.5, 0.6) is 0 Å². The Kier molecular flexibility index (Phi) is 13.4. The topological polar surface area (TPSA) is 235 Å². The SMILES string of the molecule is CC(=O)NC1[C@H](O[C@@H]2C(OC(C)=O)[C@H](O)OC(COC(C)=O)[C@@H]2OC(C)=O)OC(COC(C)=O)[C@H](OC(C)=O)[C@@H]1OC(C)=O. The van der Waals surface area contributed by atoms with Crippen molar-refractivity contribution in [2.24, 2.45) is 0 Å². The van der Waals surface area contributed by atoms with Crippen LogP contribution in [0.2, 0.25) is 0 Å². The van der Waals surface area contributed by atoms with Crippen LogP contribution in [0.15, 0.2) is 0 Å². The third-order valence-corrected chi connectivity index (χ3v) is 6.03. The summed E-state index contributed by atoms with van der Waals surface area (Å²) in [5, 5.41) is 13.3. The van der Waals surface area contributed by atoms with Gasteiger partial charge in [-0.15, -0.1) is 0 Å². The number of hydrogen-bond acceptors (Lipinski definition) is 17. The van der Waals surface area contributed by atoms with Gasteiger partial charge in [-0.2, -0.15) is 0 Å². The van der Waals surface area contributed by atoms with Gasteiger partial charge >= 0.3 is 35.8 Å². The molecule has 0 spiro atoms. The number of esters is 6. The smallest absolute Gasteiger partial charge is 0.303 e. The maximum absolute atomic E-state index is 12.3. The Hall–Kier alpha value is -3.87. The van der Waals surface area contributed by atoms with Gasteiger partial charge in [-0.05, 0) is 0 Å². The Morgan fingerprint density at radius 3 is 1.41 bits per heavy atom. The Balaban J connectivity index is 2.66. The summed E-state index contributed by atoms with van der Waals surface area (Å²) in [6.45, 7) is 6.38. The highest BCUT2D eigenvalue weighted by atomic mass is 16.7. The molecule has 44 heavy (non-hydrogen) atoms. The van der Waals surface area contributed by atoms with Gasteiger partial charge in [0.1, 0.15) is 37.6 Å². The van der Waals surface area contributed by atoms with Crippen molar-refractivity contribution in [3.05, 3.63) is 0 Å². The number of aliphatic hydroxyl groups is 1. The molecule has 0 saturated carbocycles. The Labute approximate surface area is 251 Å². The van der Waals surface area contributed by atoms with E-state index in [1.54, 1.807) is 0 Å². The van der Waals surface area contributed by atoms with Crippen LogP contribution in [-0.4, -0.2) is 121 Å². The molecule has 0 aromatic heterocycles. The summed E-state index contributed by atoms with van der Waals surface area (Å²) in [6.07, 6.45) is -14.2. The first-order valence-electron chi connectivity index (χ1n) is 13.4. The van der Waals surface area contributed by atoms with Gasteiger partial charge in [-0.25, -0.2) is 0 Å². The van der Waals surface area contributed by atoms with Crippen molar-refractivity contribution in [1.29, 1.82) is 0 Å². The first-order chi connectivity index (χ1) is 20.5. The van der Waals surface area contributed by atoms with Crippen LogP contribution in [0.3, 0.4) is 0 Å². The van der Waals surface area contributed by atoms with E-state index < -0.39 is 116 Å². The molecule has 0 aliphatic carbocycles. The van der Waals surface area contributed by atoms with Gasteiger partial charge in [-0.3, -0.25) is 33.6 Å². The molecule has 248 valence electrons. The van der Waals surface area contributed by atoms with Crippen LogP contribution in [0.25, 0.3) is 0 Å². The van der Waals surface area contributed by atoms with E-state index in [4.69, 9.17) is 42.6 Å². The fourth-order valence-corrected chi connectivity index (χ4v) is 4.60. The van der Waals surface area contributed by atoms with Crippen LogP contribution in [-0.2, 0) is 76.2 Å². The van der Waals surface area contributed by atoms with Crippen molar-refractivity contribution in [2.45, 2.75) is 110 Å². The zero-order chi connectivity index (χ0) is 33.3. The fourth-order valence-electron chi connectivity index (χ4n) is 4.60. The molecule has 18 nitrogen and oxygen atoms in total. The molecule has 18 heteroatoms. The van der Waals surface area contributed by atoms with Crippen molar-refractivity contribution in [3.63, 3.8) is 0 Å². The molecule has 0 aromatic carbocycles. The molecule has 2 aliphatic rings. The number of carbonyl (C=O) groups excluding carboxylic acids is 7. The molecule has 2 aliphatic heterocycles. The lowest BCUT2D eigenvalue weighted by atomic mass is 9.94. The maximum Gasteiger partial charge on any atom is 0.303 e. The highest BCUT2D eigenvalue weighted by Gasteiger charge is 2.56. The fraction of sp³-hybridized carbons (Fsp3) is 0.731. The number of amides is 1. The summed E-state index contributed by atoms with van der Waals surface area (Å²) in [7, 11) is 0. The Morgan fingerprint density at radius 2 is 0.977 bits per heavy atom. The van der Waals surface area contributed by atoms with E-state index in [1.807, 2.05) is 0 Å². The summed E-state index contributed by atoms with van der Waals surface area (Å²) in [6, 6.07) is -1.46. The molecule has 10 atom stereocenters. The minimum Gasteiger partial charge on any atom is -0.463 e. The van der Waals surface area contributed by atoms with E-state index in [-0.39, 0.29) is 0 Å². The van der Waals surface area contributed by atoms with Crippen molar-refractivity contribution < 1.29 is 81.3 Å². The van der Waals surface area contributed by atoms with Gasteiger partial charge < -0.3 is 53.1 Å². The number of rotatable bonds is 11. The van der Waals surface area contributed by atoms with Crippen LogP contribution >= 0.6 is 0 Å². The second kappa shape index (κ2) is 16.3. The lowest BCUT2D eigenvalue weighted by molar-refractivity contribution is -0.344. The van der Waals surface area contributed by atoms with Crippen LogP contribution in [0.1, 0.15) is 48.5 Å². The third kappa shape index (κ3) is 10.7. The number of hydrogen-bond donors (Lipinski definition) is 2. The van der Waals surface area contributed by atoms with Gasteiger partial charge in [0.25, 0.3) is 0 Å². The molecule has 0 bridgehead atoms. The molecule has 0 radical (unpaired) electrons. The minimum atomic E-state index is -1.92. The molecule has 0 aromatic rings. The van der Waals surface area contributed by atoms with Gasteiger partial charge in [-0.1, -0.05) is 0 Å². The zero-order valence-corrected chi connectivity index (χ0v) is 25.2. The zero-order valence-electron chi connectivity index (χ0n) is 25.2. The number of carbonyl (C=O) groups is 7. The van der Waals surface area contributed by atoms with Crippen molar-refractivity contribution >= 4 is 41.7 Å². The Morgan fingerprint density at radius 1 is 0.568 bits per heavy atom. The summed E-state index contributed by atoms with van der Waals surface area (Å²) < 4.78 is 49.0. The summed E-state index contributed by atoms with van der Waals surface area (Å²) in [4.78, 5) is 83.7. The number of nitrogens with one attached hydrogen (secondary N) is 1. The minimum absolute atomic E-state index is 0.544. The maximum atomic E-state index is 12.3. The first-order valence-corrected chi connectivity index (χ1v) is 13.4. The molecule has 2 rings (SSSR count). The average molecular weight is 636 g/mol. The molecule has 2 heterocycles. The molecule has 4 unspecified atom stereocenters. The molecule has 1 amide bonds. The summed E-state index contributed by atoms with van der Waals surface area (Å²) >= 11 is 0. The van der Waals surface area contributed by atoms with E-state index in [9.17, 15) is 38.7 Å². The molecule has 2 fully saturated rings. The van der Waals surface area contributed by atoms with Gasteiger partial charge in [0.15, 0.2) is 37.0 Å². The van der Waals surface area contributed by atoms with E-state index in [0.29, 0.717) is 0 Å². The van der Waals surface area contributed by atoms with E-state index >= 15 is 0 Å². The molecule has 2 N–H and O–H groups in total. The lowest BCUT2D eigenvalue weighted by Gasteiger charge is -2.48. The monoisotopic (exact) mass is 635 g/mol. The predicted octanol–water partition coefficient (Wildman–Crippen LogP) is -1.83. The second-order valence-corrected chi connectivity index (χ2v) is 9.84. The second-order valence-electron chi connectivity index (χ2n) is 9.84. The standard InChI is InChI=1S/C26H37NO17/c1-10(28)27-19-22(40-15(6)33)20(38-13(4)31)18(9-37-12(3)30)43-26(19)44-23-21(39-14(5)32)17(8-36-11(2)29)42-25(35)24(23)41-16(7)34/h17-26,35H,8-9H2,1-7H3,(H,27,28)/t17?,18?,19?,20-,21-,22+,23-,24?,25+,26-/m0/s1. The van der Waals surface area contributed by atoms with Crippen molar-refractivity contribution in [3.8, 4) is 0 Å². The first kappa shape index (κ1) is 36.3. The van der Waals surface area contributed by atoms with Gasteiger partial charge in [0.2, 0.25) is 5.91 Å². The lowest BCUT2D eigenvalue weighted by Crippen LogP contribution is -2.69. The Bertz CT molecular complexity index is 1090. The quantitative estimate of drug-likeness (QED) is 0.188. The largest absolute Gasteiger partial charge is 0.463 e. The molecule has 2 saturated heterocycles. The summed E-state index contributed by atoms with van der Waals surface area (Å²) in [5.41, 5.74) is 0. The molecular formula is C26H37NO17. The highest BCUT2D eigenvalue weighted by molar-refractivity contribution is 5.74. The number of aliphatic hydroxyl groups excluding tert-OH is 1. The van der Waals surface area contributed by atoms with E-state index in [0.717, 1.165) is 48.5 Å². The normalized spacial score (nSPS) is 31.5. The van der Waals surface area contributed by atoms with Crippen LogP contribution < -0.4 is 5.32 Å². The van der Waals surface area contributed by atoms with Crippen LogP contribution in [0.4, 0.5) is 0 Å². The highest BCUT2D eigenvalue weighted by Crippen LogP contribution is 2.33. The van der Waals surface area contributed by atoms with Crippen molar-refractivity contribution in [2.75, 3.05) is 13.2 Å². The van der Waals surface area contributed by atoms with Gasteiger partial charge in [0.05, 0.1) is 0 Å². The van der Waals surface area contributed by atoms with E-state index in [2.05, 4.69) is 5.32 Å². The van der Waals surface area contributed by atoms with E-state index in [1.165, 1.54) is 0 Å². The molecular weight excluding hydrogens is 598 g/mol. The third-order valence-electron chi connectivity index (χ3n) is 6.03. The predicted molar refractivity (Wildman–Crippen MR) is 138 cm³/mol.